The summed E-state index contributed by atoms with van der Waals surface area (Å²) in [6, 6.07) is 0. The van der Waals surface area contributed by atoms with E-state index < -0.39 is 11.7 Å². The average Bonchev–Trinajstić information content (AvgIpc) is 2.30. The van der Waals surface area contributed by atoms with E-state index in [0.29, 0.717) is 13.1 Å². The van der Waals surface area contributed by atoms with Gasteiger partial charge >= 0.3 is 6.09 Å². The minimum Gasteiger partial charge on any atom is -0.444 e. The molecule has 2 amide bonds. The van der Waals surface area contributed by atoms with Crippen molar-refractivity contribution < 1.29 is 19.1 Å². The molecule has 0 aliphatic rings. The second-order valence-electron chi connectivity index (χ2n) is 5.42. The molecule has 0 aliphatic carbocycles. The molecule has 0 N–H and O–H groups in total. The molecule has 0 saturated heterocycles. The van der Waals surface area contributed by atoms with E-state index in [-0.39, 0.29) is 18.7 Å². The second-order valence-corrected chi connectivity index (χ2v) is 5.42. The zero-order valence-electron chi connectivity index (χ0n) is 12.4. The van der Waals surface area contributed by atoms with Crippen molar-refractivity contribution in [3.05, 3.63) is 0 Å². The number of amides is 2. The van der Waals surface area contributed by atoms with Crippen LogP contribution in [-0.2, 0) is 14.3 Å². The summed E-state index contributed by atoms with van der Waals surface area (Å²) < 4.78 is 5.19. The minimum atomic E-state index is -0.531. The van der Waals surface area contributed by atoms with Gasteiger partial charge in [0.05, 0.1) is 0 Å². The number of carbonyl (C=O) groups is 3. The number of likely N-dealkylation sites (N-methyl/N-ethyl adjacent to an activating group) is 2. The monoisotopic (exact) mass is 272 g/mol. The highest BCUT2D eigenvalue weighted by Crippen LogP contribution is 2.08. The molecule has 0 rings (SSSR count). The maximum atomic E-state index is 11.7. The smallest absolute Gasteiger partial charge is 0.410 e. The van der Waals surface area contributed by atoms with E-state index in [9.17, 15) is 14.4 Å². The van der Waals surface area contributed by atoms with Crippen LogP contribution in [0, 0.1) is 0 Å². The van der Waals surface area contributed by atoms with Gasteiger partial charge in [-0.15, -0.1) is 0 Å². The average molecular weight is 272 g/mol. The topological polar surface area (TPSA) is 66.9 Å². The number of carbonyl (C=O) groups excluding carboxylic acids is 3. The molecule has 0 heterocycles. The number of ether oxygens (including phenoxy) is 1. The lowest BCUT2D eigenvalue weighted by Gasteiger charge is -2.26. The highest BCUT2D eigenvalue weighted by molar-refractivity contribution is 5.78. The van der Waals surface area contributed by atoms with Crippen molar-refractivity contribution in [2.45, 2.75) is 39.2 Å². The molecule has 0 fully saturated rings. The van der Waals surface area contributed by atoms with E-state index in [1.807, 2.05) is 0 Å². The summed E-state index contributed by atoms with van der Waals surface area (Å²) in [6.45, 7) is 6.20. The first kappa shape index (κ1) is 17.4. The number of aldehydes is 1. The highest BCUT2D eigenvalue weighted by atomic mass is 16.6. The fraction of sp³-hybridized carbons (Fsp3) is 0.769. The molecule has 0 aromatic rings. The molecule has 19 heavy (non-hydrogen) atoms. The summed E-state index contributed by atoms with van der Waals surface area (Å²) in [4.78, 5) is 36.3. The van der Waals surface area contributed by atoms with Gasteiger partial charge in [0.2, 0.25) is 5.91 Å². The molecule has 6 heteroatoms. The SMILES string of the molecule is CN(CCN(C)C(=O)OC(C)(C)C)C(=O)CCC=O. The van der Waals surface area contributed by atoms with Gasteiger partial charge in [0.25, 0.3) is 0 Å². The number of hydrogen-bond donors (Lipinski definition) is 0. The van der Waals surface area contributed by atoms with E-state index in [2.05, 4.69) is 0 Å². The maximum absolute atomic E-state index is 11.7. The first-order valence-electron chi connectivity index (χ1n) is 6.29. The van der Waals surface area contributed by atoms with Crippen molar-refractivity contribution >= 4 is 18.3 Å². The predicted molar refractivity (Wildman–Crippen MR) is 71.8 cm³/mol. The lowest BCUT2D eigenvalue weighted by atomic mass is 10.2. The Labute approximate surface area is 114 Å². The number of hydrogen-bond acceptors (Lipinski definition) is 4. The van der Waals surface area contributed by atoms with Crippen LogP contribution in [0.15, 0.2) is 0 Å². The fourth-order valence-corrected chi connectivity index (χ4v) is 1.23. The largest absolute Gasteiger partial charge is 0.444 e. The zero-order chi connectivity index (χ0) is 15.1. The van der Waals surface area contributed by atoms with Gasteiger partial charge in [0, 0.05) is 40.0 Å². The summed E-state index contributed by atoms with van der Waals surface area (Å²) in [6.07, 6.45) is 0.737. The molecule has 110 valence electrons. The van der Waals surface area contributed by atoms with Gasteiger partial charge in [0.15, 0.2) is 0 Å². The van der Waals surface area contributed by atoms with Gasteiger partial charge in [-0.25, -0.2) is 4.79 Å². The summed E-state index contributed by atoms with van der Waals surface area (Å²) in [5, 5.41) is 0. The van der Waals surface area contributed by atoms with Crippen LogP contribution in [0.25, 0.3) is 0 Å². The number of nitrogens with zero attached hydrogens (tertiary/aromatic N) is 2. The van der Waals surface area contributed by atoms with Crippen molar-refractivity contribution in [3.63, 3.8) is 0 Å². The van der Waals surface area contributed by atoms with Crippen molar-refractivity contribution in [1.82, 2.24) is 9.80 Å². The van der Waals surface area contributed by atoms with E-state index in [4.69, 9.17) is 4.74 Å². The summed E-state index contributed by atoms with van der Waals surface area (Å²) in [5.74, 6) is -0.107. The van der Waals surface area contributed by atoms with Crippen molar-refractivity contribution in [2.75, 3.05) is 27.2 Å². The Hall–Kier alpha value is -1.59. The molecular weight excluding hydrogens is 248 g/mol. The first-order valence-corrected chi connectivity index (χ1v) is 6.29. The molecule has 0 saturated carbocycles. The van der Waals surface area contributed by atoms with Crippen LogP contribution in [0.1, 0.15) is 33.6 Å². The van der Waals surface area contributed by atoms with Crippen LogP contribution in [0.2, 0.25) is 0 Å². The van der Waals surface area contributed by atoms with Gasteiger partial charge < -0.3 is 19.3 Å². The molecule has 0 aromatic carbocycles. The van der Waals surface area contributed by atoms with E-state index >= 15 is 0 Å². The molecule has 6 nitrogen and oxygen atoms in total. The Bertz CT molecular complexity index is 323. The molecule has 0 aliphatic heterocycles. The third kappa shape index (κ3) is 8.18. The first-order chi connectivity index (χ1) is 8.67. The van der Waals surface area contributed by atoms with Crippen LogP contribution < -0.4 is 0 Å². The fourth-order valence-electron chi connectivity index (χ4n) is 1.23. The van der Waals surface area contributed by atoms with E-state index in [1.54, 1.807) is 34.9 Å². The Morgan fingerprint density at radius 2 is 1.63 bits per heavy atom. The summed E-state index contributed by atoms with van der Waals surface area (Å²) >= 11 is 0. The lowest BCUT2D eigenvalue weighted by Crippen LogP contribution is -2.39. The standard InChI is InChI=1S/C13H24N2O4/c1-13(2,3)19-12(18)15(5)9-8-14(4)11(17)7-6-10-16/h10H,6-9H2,1-5H3. The molecule has 0 radical (unpaired) electrons. The van der Waals surface area contributed by atoms with Crippen molar-refractivity contribution in [3.8, 4) is 0 Å². The van der Waals surface area contributed by atoms with Crippen LogP contribution >= 0.6 is 0 Å². The summed E-state index contributed by atoms with van der Waals surface area (Å²) in [5.41, 5.74) is -0.531. The van der Waals surface area contributed by atoms with Gasteiger partial charge in [0.1, 0.15) is 11.9 Å². The van der Waals surface area contributed by atoms with Gasteiger partial charge in [-0.3, -0.25) is 4.79 Å². The van der Waals surface area contributed by atoms with Crippen LogP contribution in [-0.4, -0.2) is 60.9 Å². The molecule has 0 unspecified atom stereocenters. The van der Waals surface area contributed by atoms with Crippen molar-refractivity contribution in [2.24, 2.45) is 0 Å². The quantitative estimate of drug-likeness (QED) is 0.683. The van der Waals surface area contributed by atoms with Gasteiger partial charge in [-0.1, -0.05) is 0 Å². The Balaban J connectivity index is 4.07. The van der Waals surface area contributed by atoms with E-state index in [0.717, 1.165) is 6.29 Å². The molecule has 0 spiro atoms. The molecule has 0 aromatic heterocycles. The van der Waals surface area contributed by atoms with Crippen LogP contribution in [0.3, 0.4) is 0 Å². The lowest BCUT2D eigenvalue weighted by molar-refractivity contribution is -0.131. The zero-order valence-corrected chi connectivity index (χ0v) is 12.4. The summed E-state index contributed by atoms with van der Waals surface area (Å²) in [7, 11) is 3.27. The Morgan fingerprint density at radius 1 is 1.11 bits per heavy atom. The third-order valence-corrected chi connectivity index (χ3v) is 2.38. The second kappa shape index (κ2) is 7.76. The van der Waals surface area contributed by atoms with Crippen LogP contribution in [0.4, 0.5) is 4.79 Å². The Morgan fingerprint density at radius 3 is 2.11 bits per heavy atom. The number of rotatable bonds is 6. The minimum absolute atomic E-state index is 0.107. The third-order valence-electron chi connectivity index (χ3n) is 2.38. The van der Waals surface area contributed by atoms with Crippen LogP contribution in [0.5, 0.6) is 0 Å². The van der Waals surface area contributed by atoms with Crippen molar-refractivity contribution in [1.29, 1.82) is 0 Å². The van der Waals surface area contributed by atoms with Gasteiger partial charge in [-0.2, -0.15) is 0 Å². The molecule has 0 atom stereocenters. The molecule has 0 bridgehead atoms. The van der Waals surface area contributed by atoms with E-state index in [1.165, 1.54) is 9.80 Å². The highest BCUT2D eigenvalue weighted by Gasteiger charge is 2.20. The van der Waals surface area contributed by atoms with Gasteiger partial charge in [-0.05, 0) is 20.8 Å². The Kier molecular flexibility index (Phi) is 7.11. The normalized spacial score (nSPS) is 10.8. The maximum Gasteiger partial charge on any atom is 0.410 e. The predicted octanol–water partition coefficient (Wildman–Crippen LogP) is 1.29. The molecular formula is C13H24N2O4.